The summed E-state index contributed by atoms with van der Waals surface area (Å²) in [5.41, 5.74) is 5.35. The fourth-order valence-electron chi connectivity index (χ4n) is 0.604. The number of ether oxygens (including phenoxy) is 1. The van der Waals surface area contributed by atoms with E-state index in [-0.39, 0.29) is 5.90 Å². The van der Waals surface area contributed by atoms with Crippen molar-refractivity contribution in [2.24, 2.45) is 4.99 Å². The predicted octanol–water partition coefficient (Wildman–Crippen LogP) is 1.17. The maximum Gasteiger partial charge on any atom is 0.307 e. The van der Waals surface area contributed by atoms with E-state index >= 15 is 0 Å². The lowest BCUT2D eigenvalue weighted by Crippen LogP contribution is -2.09. The lowest BCUT2D eigenvalue weighted by molar-refractivity contribution is -0.107. The summed E-state index contributed by atoms with van der Waals surface area (Å²) in [4.78, 5) is 18.2. The van der Waals surface area contributed by atoms with E-state index in [0.717, 1.165) is 0 Å². The Morgan fingerprint density at radius 1 is 1.85 bits per heavy atom. The molecule has 1 aromatic rings. The normalized spacial score (nSPS) is 11.4. The first kappa shape index (κ1) is 9.94. The molecule has 0 aliphatic carbocycles. The number of aromatic nitrogens is 1. The third-order valence-corrected chi connectivity index (χ3v) is 1.91. The summed E-state index contributed by atoms with van der Waals surface area (Å²) in [6.07, 6.45) is 0. The van der Waals surface area contributed by atoms with Crippen molar-refractivity contribution in [3.63, 3.8) is 0 Å². The van der Waals surface area contributed by atoms with Crippen LogP contribution in [0.2, 0.25) is 0 Å². The average molecular weight is 220 g/mol. The van der Waals surface area contributed by atoms with Gasteiger partial charge < -0.3 is 10.5 Å². The Morgan fingerprint density at radius 2 is 2.54 bits per heavy atom. The molecule has 0 aliphatic rings. The maximum absolute atomic E-state index is 10.6. The fourth-order valence-corrected chi connectivity index (χ4v) is 1.20. The van der Waals surface area contributed by atoms with Gasteiger partial charge in [0, 0.05) is 5.38 Å². The van der Waals surface area contributed by atoms with Gasteiger partial charge in [0.2, 0.25) is 0 Å². The van der Waals surface area contributed by atoms with Crippen molar-refractivity contribution in [3.05, 3.63) is 5.38 Å². The zero-order chi connectivity index (χ0) is 9.84. The van der Waals surface area contributed by atoms with Crippen molar-refractivity contribution in [1.29, 1.82) is 0 Å². The minimum atomic E-state index is -0.769. The van der Waals surface area contributed by atoms with Gasteiger partial charge >= 0.3 is 5.24 Å². The third kappa shape index (κ3) is 2.67. The van der Waals surface area contributed by atoms with Crippen LogP contribution < -0.4 is 5.73 Å². The molecule has 1 rings (SSSR count). The first-order valence-electron chi connectivity index (χ1n) is 3.17. The molecular weight excluding hydrogens is 214 g/mol. The molecule has 70 valence electrons. The van der Waals surface area contributed by atoms with Crippen LogP contribution >= 0.6 is 22.9 Å². The first-order valence-corrected chi connectivity index (χ1v) is 4.42. The van der Waals surface area contributed by atoms with Gasteiger partial charge in [0.1, 0.15) is 0 Å². The van der Waals surface area contributed by atoms with Crippen molar-refractivity contribution in [3.8, 4) is 0 Å². The number of methoxy groups -OCH3 is 1. The van der Waals surface area contributed by atoms with Crippen LogP contribution in [0.25, 0.3) is 0 Å². The van der Waals surface area contributed by atoms with Crippen LogP contribution in [0.4, 0.5) is 10.9 Å². The molecule has 7 heteroatoms. The molecule has 0 aromatic carbocycles. The fraction of sp³-hybridized carbons (Fsp3) is 0.167. The van der Waals surface area contributed by atoms with Gasteiger partial charge in [-0.2, -0.15) is 4.99 Å². The van der Waals surface area contributed by atoms with Gasteiger partial charge in [0.15, 0.2) is 10.9 Å². The molecule has 0 fully saturated rings. The molecule has 0 atom stereocenters. The quantitative estimate of drug-likeness (QED) is 0.460. The molecule has 0 bridgehead atoms. The van der Waals surface area contributed by atoms with E-state index in [4.69, 9.17) is 17.3 Å². The Labute approximate surface area is 83.2 Å². The molecule has 2 N–H and O–H groups in total. The first-order chi connectivity index (χ1) is 6.13. The third-order valence-electron chi connectivity index (χ3n) is 1.09. The van der Waals surface area contributed by atoms with Crippen LogP contribution in [0.15, 0.2) is 10.4 Å². The summed E-state index contributed by atoms with van der Waals surface area (Å²) in [6, 6.07) is 0. The molecule has 0 saturated carbocycles. The number of carbonyl (C=O) groups is 1. The monoisotopic (exact) mass is 219 g/mol. The van der Waals surface area contributed by atoms with Crippen LogP contribution in [0.1, 0.15) is 0 Å². The summed E-state index contributed by atoms with van der Waals surface area (Å²) in [6.45, 7) is 0. The molecular formula is C6H6ClN3O2S. The van der Waals surface area contributed by atoms with Crippen molar-refractivity contribution < 1.29 is 9.53 Å². The number of nitrogens with two attached hydrogens (primary N) is 1. The molecule has 0 amide bonds. The standard InChI is InChI=1S/C6H6ClN3O2S/c1-12-5(4(7)11)9-3-2-13-6(8)10-3/h2H,1H3,(H2,8,10). The molecule has 0 saturated heterocycles. The average Bonchev–Trinajstić information content (AvgIpc) is 2.46. The van der Waals surface area contributed by atoms with E-state index in [1.54, 1.807) is 5.38 Å². The SMILES string of the molecule is COC(=Nc1csc(N)n1)C(=O)Cl. The lowest BCUT2D eigenvalue weighted by Gasteiger charge is -1.95. The summed E-state index contributed by atoms with van der Waals surface area (Å²) in [5, 5.41) is 1.19. The van der Waals surface area contributed by atoms with Gasteiger partial charge in [0.05, 0.1) is 7.11 Å². The summed E-state index contributed by atoms with van der Waals surface area (Å²) in [5.74, 6) is 0.111. The van der Waals surface area contributed by atoms with E-state index in [9.17, 15) is 4.79 Å². The zero-order valence-corrected chi connectivity index (χ0v) is 8.22. The van der Waals surface area contributed by atoms with E-state index in [2.05, 4.69) is 14.7 Å². The molecule has 0 unspecified atom stereocenters. The van der Waals surface area contributed by atoms with Crippen molar-refractivity contribution in [1.82, 2.24) is 4.98 Å². The highest BCUT2D eigenvalue weighted by atomic mass is 35.5. The zero-order valence-electron chi connectivity index (χ0n) is 6.65. The number of thiazole rings is 1. The Hall–Kier alpha value is -1.14. The molecule has 0 aliphatic heterocycles. The van der Waals surface area contributed by atoms with Crippen LogP contribution in [0, 0.1) is 0 Å². The lowest BCUT2D eigenvalue weighted by atomic mass is 10.7. The van der Waals surface area contributed by atoms with Gasteiger partial charge in [-0.15, -0.1) is 11.3 Å². The van der Waals surface area contributed by atoms with E-state index < -0.39 is 5.24 Å². The van der Waals surface area contributed by atoms with Crippen LogP contribution in [-0.2, 0) is 9.53 Å². The predicted molar refractivity (Wildman–Crippen MR) is 51.5 cm³/mol. The topological polar surface area (TPSA) is 77.6 Å². The number of carbonyl (C=O) groups excluding carboxylic acids is 1. The molecule has 13 heavy (non-hydrogen) atoms. The Bertz CT molecular complexity index is 349. The highest BCUT2D eigenvalue weighted by Crippen LogP contribution is 2.18. The second-order valence-electron chi connectivity index (χ2n) is 1.94. The van der Waals surface area contributed by atoms with Crippen molar-refractivity contribution in [2.75, 3.05) is 12.8 Å². The number of nitrogens with zero attached hydrogens (tertiary/aromatic N) is 2. The highest BCUT2D eigenvalue weighted by molar-refractivity contribution is 7.13. The van der Waals surface area contributed by atoms with Gasteiger partial charge in [0.25, 0.3) is 5.90 Å². The number of nitrogen functional groups attached to an aromatic ring is 1. The smallest absolute Gasteiger partial charge is 0.307 e. The Balaban J connectivity index is 2.91. The van der Waals surface area contributed by atoms with Gasteiger partial charge in [-0.25, -0.2) is 4.98 Å². The number of rotatable bonds is 2. The van der Waals surface area contributed by atoms with Crippen molar-refractivity contribution >= 4 is 45.0 Å². The van der Waals surface area contributed by atoms with Gasteiger partial charge in [-0.05, 0) is 11.6 Å². The summed E-state index contributed by atoms with van der Waals surface area (Å²) in [7, 11) is 1.30. The number of aliphatic imine (C=N–C) groups is 1. The number of hydrogen-bond acceptors (Lipinski definition) is 6. The number of hydrogen-bond donors (Lipinski definition) is 1. The van der Waals surface area contributed by atoms with E-state index in [0.29, 0.717) is 10.9 Å². The highest BCUT2D eigenvalue weighted by Gasteiger charge is 2.08. The minimum Gasteiger partial charge on any atom is -0.478 e. The number of halogens is 1. The van der Waals surface area contributed by atoms with Crippen LogP contribution in [0.5, 0.6) is 0 Å². The molecule has 5 nitrogen and oxygen atoms in total. The van der Waals surface area contributed by atoms with E-state index in [1.807, 2.05) is 0 Å². The summed E-state index contributed by atoms with van der Waals surface area (Å²) >= 11 is 6.37. The Morgan fingerprint density at radius 3 is 2.92 bits per heavy atom. The molecule has 0 radical (unpaired) electrons. The largest absolute Gasteiger partial charge is 0.478 e. The van der Waals surface area contributed by atoms with Crippen LogP contribution in [-0.4, -0.2) is 23.2 Å². The Kier molecular flexibility index (Phi) is 3.21. The second-order valence-corrected chi connectivity index (χ2v) is 3.17. The van der Waals surface area contributed by atoms with E-state index in [1.165, 1.54) is 18.4 Å². The second kappa shape index (κ2) is 4.20. The molecule has 1 aromatic heterocycles. The molecule has 1 heterocycles. The van der Waals surface area contributed by atoms with Gasteiger partial charge in [-0.1, -0.05) is 0 Å². The van der Waals surface area contributed by atoms with Crippen molar-refractivity contribution in [2.45, 2.75) is 0 Å². The summed E-state index contributed by atoms with van der Waals surface area (Å²) < 4.78 is 4.62. The minimum absolute atomic E-state index is 0.202. The van der Waals surface area contributed by atoms with Crippen LogP contribution in [0.3, 0.4) is 0 Å². The van der Waals surface area contributed by atoms with Gasteiger partial charge in [-0.3, -0.25) is 4.79 Å². The number of anilines is 1. The molecule has 0 spiro atoms. The maximum atomic E-state index is 10.6.